The number of hydrogen-bond acceptors (Lipinski definition) is 11. The molecule has 5 N–H and O–H groups in total. The summed E-state index contributed by atoms with van der Waals surface area (Å²) in [5.41, 5.74) is 6.76. The Morgan fingerprint density at radius 2 is 1.68 bits per heavy atom. The van der Waals surface area contributed by atoms with Crippen LogP contribution >= 0.6 is 0 Å². The van der Waals surface area contributed by atoms with Gasteiger partial charge in [0.05, 0.1) is 16.5 Å². The van der Waals surface area contributed by atoms with Crippen LogP contribution in [0.15, 0.2) is 30.3 Å². The van der Waals surface area contributed by atoms with Crippen LogP contribution in [0.2, 0.25) is 0 Å². The third kappa shape index (κ3) is 9.01. The number of anilines is 1. The fraction of sp³-hybridized carbons (Fsp3) is 0.647. The van der Waals surface area contributed by atoms with E-state index in [1.165, 1.54) is 6.21 Å². The Bertz CT molecular complexity index is 2300. The van der Waals surface area contributed by atoms with Gasteiger partial charge in [0.15, 0.2) is 0 Å². The number of hydrogen-bond donors (Lipinski definition) is 4. The van der Waals surface area contributed by atoms with E-state index in [1.54, 1.807) is 19.1 Å². The normalized spacial score (nSPS) is 27.6. The maximum Gasteiger partial charge on any atom is 0.264 e. The SMILES string of the molecule is CNCC(C)(C=[NH2+])c1cc2c(cc1C(F)F)N(C1(C)NN(C3CCN(CCN4CCC(CCc5cccc6c5C(=O)N(C5CCC(=O)NC5=O)C6=O)CC4)CC3)C3CCN(C(C)=O)CC31)CCC2. The first kappa shape index (κ1) is 48.3. The number of alkyl halides is 2. The van der Waals surface area contributed by atoms with E-state index < -0.39 is 41.3 Å². The first-order chi connectivity index (χ1) is 32.6. The van der Waals surface area contributed by atoms with Crippen molar-refractivity contribution >= 4 is 41.4 Å². The number of carbonyl (C=O) groups excluding carboxylic acids is 5. The van der Waals surface area contributed by atoms with Gasteiger partial charge in [-0.15, -0.1) is 0 Å². The van der Waals surface area contributed by atoms with E-state index in [0.717, 1.165) is 119 Å². The molecule has 0 spiro atoms. The highest BCUT2D eigenvalue weighted by Crippen LogP contribution is 2.47. The Balaban J connectivity index is 0.796. The van der Waals surface area contributed by atoms with Crippen molar-refractivity contribution in [2.24, 2.45) is 11.8 Å². The predicted molar refractivity (Wildman–Crippen MR) is 254 cm³/mol. The number of halogens is 2. The number of nitrogens with one attached hydrogen (secondary N) is 3. The van der Waals surface area contributed by atoms with Crippen LogP contribution in [0.3, 0.4) is 0 Å². The molecule has 9 rings (SSSR count). The molecule has 5 saturated heterocycles. The van der Waals surface area contributed by atoms with Crippen molar-refractivity contribution in [2.45, 2.75) is 127 Å². The lowest BCUT2D eigenvalue weighted by atomic mass is 9.77. The summed E-state index contributed by atoms with van der Waals surface area (Å²) in [5, 5.41) is 14.1. The van der Waals surface area contributed by atoms with E-state index in [0.29, 0.717) is 54.7 Å². The summed E-state index contributed by atoms with van der Waals surface area (Å²) in [6.07, 6.45) is 7.44. The maximum absolute atomic E-state index is 15.0. The number of nitrogens with zero attached hydrogens (tertiary/aromatic N) is 6. The van der Waals surface area contributed by atoms with Gasteiger partial charge in [0, 0.05) is 81.9 Å². The second-order valence-corrected chi connectivity index (χ2v) is 21.0. The number of benzene rings is 2. The number of piperidine rings is 4. The van der Waals surface area contributed by atoms with Gasteiger partial charge in [-0.2, -0.15) is 0 Å². The van der Waals surface area contributed by atoms with Crippen LogP contribution in [0.25, 0.3) is 0 Å². The number of fused-ring (bicyclic) bond motifs is 3. The maximum atomic E-state index is 15.0. The molecule has 2 aromatic carbocycles. The van der Waals surface area contributed by atoms with Crippen LogP contribution in [0.5, 0.6) is 0 Å². The molecule has 5 unspecified atom stereocenters. The molecule has 0 aliphatic carbocycles. The first-order valence-electron chi connectivity index (χ1n) is 25.2. The highest BCUT2D eigenvalue weighted by molar-refractivity contribution is 6.24. The number of amides is 5. The van der Waals surface area contributed by atoms with E-state index in [2.05, 4.69) is 42.7 Å². The fourth-order valence-corrected chi connectivity index (χ4v) is 12.9. The van der Waals surface area contributed by atoms with E-state index in [9.17, 15) is 24.0 Å². The summed E-state index contributed by atoms with van der Waals surface area (Å²) in [6.45, 7) is 14.3. The van der Waals surface area contributed by atoms with Gasteiger partial charge in [-0.05, 0) is 146 Å². The Labute approximate surface area is 399 Å². The van der Waals surface area contributed by atoms with Crippen molar-refractivity contribution in [1.29, 1.82) is 0 Å². The molecule has 68 heavy (non-hydrogen) atoms. The Kier molecular flexibility index (Phi) is 13.9. The van der Waals surface area contributed by atoms with E-state index in [4.69, 9.17) is 5.41 Å². The number of imide groups is 2. The van der Waals surface area contributed by atoms with Crippen molar-refractivity contribution in [3.63, 3.8) is 0 Å². The standard InChI is InChI=1S/C51H70F2N10O5/c1-32(64)60-24-18-41-40(29-60)51(3,61-19-6-8-35-27-39(50(2,30-54)31-55-4)38(46(52)53)28-43(35)61)57-63(41)36-16-22-59(23-17-36)26-25-58-20-14-33(15-21-58)10-11-34-7-5-9-37-45(34)49(68)62(48(37)67)42-12-13-44(65)56-47(42)66/h5,7,9,27-28,30,33,36,40-42,46,54-55,57H,6,8,10-26,29,31H2,1-4H3,(H,56,65,66)/p+1. The summed E-state index contributed by atoms with van der Waals surface area (Å²) >= 11 is 0. The van der Waals surface area contributed by atoms with E-state index in [1.807, 2.05) is 37.1 Å². The molecule has 0 saturated carbocycles. The number of hydrazine groups is 1. The molecule has 368 valence electrons. The quantitative estimate of drug-likeness (QED) is 0.163. The lowest BCUT2D eigenvalue weighted by Crippen LogP contribution is -2.63. The molecule has 2 aromatic rings. The van der Waals surface area contributed by atoms with Crippen molar-refractivity contribution < 1.29 is 38.2 Å². The van der Waals surface area contributed by atoms with Gasteiger partial charge < -0.3 is 24.9 Å². The van der Waals surface area contributed by atoms with Gasteiger partial charge in [0.2, 0.25) is 17.7 Å². The Morgan fingerprint density at radius 3 is 2.34 bits per heavy atom. The van der Waals surface area contributed by atoms with E-state index >= 15 is 8.78 Å². The molecule has 7 aliphatic rings. The lowest BCUT2D eigenvalue weighted by Gasteiger charge is -2.49. The number of aryl methyl sites for hydroxylation is 2. The van der Waals surface area contributed by atoms with Crippen molar-refractivity contribution in [2.75, 3.05) is 77.4 Å². The van der Waals surface area contributed by atoms with Crippen molar-refractivity contribution in [3.8, 4) is 0 Å². The molecule has 0 radical (unpaired) electrons. The molecule has 7 aliphatic heterocycles. The third-order valence-electron chi connectivity index (χ3n) is 16.9. The van der Waals surface area contributed by atoms with Crippen LogP contribution in [0, 0.1) is 11.8 Å². The molecular weight excluding hydrogens is 871 g/mol. The summed E-state index contributed by atoms with van der Waals surface area (Å²) in [5.74, 6) is -1.23. The largest absolute Gasteiger partial charge is 0.352 e. The lowest BCUT2D eigenvalue weighted by molar-refractivity contribution is -0.136. The topological polar surface area (TPSA) is 166 Å². The summed E-state index contributed by atoms with van der Waals surface area (Å²) < 4.78 is 30.1. The highest BCUT2D eigenvalue weighted by Gasteiger charge is 2.57. The molecule has 15 nitrogen and oxygen atoms in total. The molecule has 7 heterocycles. The van der Waals surface area contributed by atoms with Gasteiger partial charge in [-0.3, -0.25) is 39.6 Å². The second-order valence-electron chi connectivity index (χ2n) is 21.0. The minimum atomic E-state index is -2.66. The predicted octanol–water partition coefficient (Wildman–Crippen LogP) is 2.67. The minimum Gasteiger partial charge on any atom is -0.352 e. The zero-order valence-corrected chi connectivity index (χ0v) is 40.3. The molecule has 17 heteroatoms. The zero-order chi connectivity index (χ0) is 48.1. The number of likely N-dealkylation sites (N-methyl/N-ethyl adjacent to an activating group) is 1. The number of rotatable bonds is 14. The van der Waals surface area contributed by atoms with Gasteiger partial charge in [-0.25, -0.2) is 19.2 Å². The second kappa shape index (κ2) is 19.6. The highest BCUT2D eigenvalue weighted by atomic mass is 19.3. The molecule has 5 fully saturated rings. The molecular formula is C51H71F2N10O5+. The van der Waals surface area contributed by atoms with Crippen LogP contribution in [0.1, 0.15) is 128 Å². The molecule has 0 aromatic heterocycles. The smallest absolute Gasteiger partial charge is 0.264 e. The average molecular weight is 942 g/mol. The zero-order valence-electron chi connectivity index (χ0n) is 40.3. The van der Waals surface area contributed by atoms with Crippen LogP contribution in [0.4, 0.5) is 14.5 Å². The Morgan fingerprint density at radius 1 is 0.956 bits per heavy atom. The van der Waals surface area contributed by atoms with Gasteiger partial charge >= 0.3 is 0 Å². The summed E-state index contributed by atoms with van der Waals surface area (Å²) in [7, 11) is 1.81. The minimum absolute atomic E-state index is 0.0166. The molecule has 5 atom stereocenters. The summed E-state index contributed by atoms with van der Waals surface area (Å²) in [6, 6.07) is 8.65. The fourth-order valence-electron chi connectivity index (χ4n) is 12.9. The Hall–Kier alpha value is -4.68. The van der Waals surface area contributed by atoms with Crippen molar-refractivity contribution in [1.82, 2.24) is 40.7 Å². The summed E-state index contributed by atoms with van der Waals surface area (Å²) in [4.78, 5) is 74.6. The number of nitrogens with two attached hydrogens (primary N) is 1. The van der Waals surface area contributed by atoms with Gasteiger partial charge in [-0.1, -0.05) is 18.2 Å². The third-order valence-corrected chi connectivity index (χ3v) is 16.9. The monoisotopic (exact) mass is 942 g/mol. The van der Waals surface area contributed by atoms with E-state index in [-0.39, 0.29) is 42.2 Å². The van der Waals surface area contributed by atoms with Gasteiger partial charge in [0.1, 0.15) is 17.9 Å². The number of likely N-dealkylation sites (tertiary alicyclic amines) is 3. The van der Waals surface area contributed by atoms with Crippen molar-refractivity contribution in [3.05, 3.63) is 63.7 Å². The van der Waals surface area contributed by atoms with Crippen LogP contribution in [-0.4, -0.2) is 157 Å². The van der Waals surface area contributed by atoms with Gasteiger partial charge in [0.25, 0.3) is 18.2 Å². The van der Waals surface area contributed by atoms with Crippen LogP contribution < -0.4 is 26.4 Å². The average Bonchev–Trinajstić information content (AvgIpc) is 3.78. The first-order valence-corrected chi connectivity index (χ1v) is 25.2. The molecule has 5 amide bonds. The van der Waals surface area contributed by atoms with Crippen LogP contribution in [-0.2, 0) is 32.6 Å². The molecule has 0 bridgehead atoms. The number of carbonyl (C=O) groups is 5.